The van der Waals surface area contributed by atoms with E-state index in [1.54, 1.807) is 18.3 Å². The van der Waals surface area contributed by atoms with Crippen molar-refractivity contribution in [3.8, 4) is 0 Å². The molecule has 0 bridgehead atoms. The largest absolute Gasteiger partial charge is 0.395 e. The van der Waals surface area contributed by atoms with Crippen LogP contribution in [0, 0.1) is 0 Å². The fraction of sp³-hybridized carbons (Fsp3) is 0.500. The van der Waals surface area contributed by atoms with Crippen LogP contribution in [0.15, 0.2) is 18.3 Å². The quantitative estimate of drug-likeness (QED) is 0.749. The third-order valence-electron chi connectivity index (χ3n) is 3.10. The molecular formula is C12H18N4O2. The molecule has 0 atom stereocenters. The molecule has 3 N–H and O–H groups in total. The van der Waals surface area contributed by atoms with Gasteiger partial charge in [-0.3, -0.25) is 9.69 Å². The van der Waals surface area contributed by atoms with E-state index >= 15 is 0 Å². The van der Waals surface area contributed by atoms with E-state index in [9.17, 15) is 4.79 Å². The second-order valence-electron chi connectivity index (χ2n) is 4.33. The first kappa shape index (κ1) is 12.8. The number of pyridine rings is 1. The summed E-state index contributed by atoms with van der Waals surface area (Å²) in [6, 6.07) is 3.28. The molecule has 1 aromatic rings. The third-order valence-corrected chi connectivity index (χ3v) is 3.10. The minimum atomic E-state index is -0.00671. The maximum Gasteiger partial charge on any atom is 0.254 e. The summed E-state index contributed by atoms with van der Waals surface area (Å²) in [7, 11) is 0. The van der Waals surface area contributed by atoms with Crippen molar-refractivity contribution in [1.82, 2.24) is 14.8 Å². The van der Waals surface area contributed by atoms with Crippen LogP contribution in [0.2, 0.25) is 0 Å². The molecule has 0 spiro atoms. The number of aliphatic hydroxyl groups is 1. The Morgan fingerprint density at radius 2 is 2.11 bits per heavy atom. The van der Waals surface area contributed by atoms with Gasteiger partial charge in [-0.15, -0.1) is 0 Å². The monoisotopic (exact) mass is 250 g/mol. The van der Waals surface area contributed by atoms with Gasteiger partial charge in [0.05, 0.1) is 6.61 Å². The Kier molecular flexibility index (Phi) is 4.11. The van der Waals surface area contributed by atoms with Crippen LogP contribution in [0.1, 0.15) is 10.4 Å². The van der Waals surface area contributed by atoms with Gasteiger partial charge in [0.15, 0.2) is 0 Å². The van der Waals surface area contributed by atoms with Gasteiger partial charge in [-0.05, 0) is 12.1 Å². The molecule has 0 saturated carbocycles. The standard InChI is InChI=1S/C12H18N4O2/c13-11-9-10(1-2-14-11)12(18)16-5-3-15(4-6-16)7-8-17/h1-2,9,17H,3-8H2,(H2,13,14). The predicted octanol–water partition coefficient (Wildman–Crippen LogP) is -0.586. The zero-order valence-corrected chi connectivity index (χ0v) is 10.2. The lowest BCUT2D eigenvalue weighted by Crippen LogP contribution is -2.49. The predicted molar refractivity (Wildman–Crippen MR) is 68.1 cm³/mol. The molecule has 1 aromatic heterocycles. The van der Waals surface area contributed by atoms with E-state index in [1.807, 2.05) is 4.90 Å². The van der Waals surface area contributed by atoms with Gasteiger partial charge in [-0.2, -0.15) is 0 Å². The molecule has 18 heavy (non-hydrogen) atoms. The average Bonchev–Trinajstić information content (AvgIpc) is 2.39. The minimum Gasteiger partial charge on any atom is -0.395 e. The molecule has 1 fully saturated rings. The van der Waals surface area contributed by atoms with Crippen molar-refractivity contribution in [2.45, 2.75) is 0 Å². The maximum absolute atomic E-state index is 12.2. The number of carbonyl (C=O) groups is 1. The van der Waals surface area contributed by atoms with Crippen molar-refractivity contribution in [3.05, 3.63) is 23.9 Å². The van der Waals surface area contributed by atoms with Crippen molar-refractivity contribution in [1.29, 1.82) is 0 Å². The second-order valence-corrected chi connectivity index (χ2v) is 4.33. The minimum absolute atomic E-state index is 0.00671. The van der Waals surface area contributed by atoms with Gasteiger partial charge >= 0.3 is 0 Å². The number of nitrogen functional groups attached to an aromatic ring is 1. The Labute approximate surface area is 106 Å². The van der Waals surface area contributed by atoms with Crippen LogP contribution < -0.4 is 5.73 Å². The van der Waals surface area contributed by atoms with Crippen LogP contribution in [0.3, 0.4) is 0 Å². The topological polar surface area (TPSA) is 82.7 Å². The van der Waals surface area contributed by atoms with E-state index in [0.717, 1.165) is 13.1 Å². The summed E-state index contributed by atoms with van der Waals surface area (Å²) in [5.41, 5.74) is 6.15. The zero-order valence-electron chi connectivity index (χ0n) is 10.2. The van der Waals surface area contributed by atoms with Crippen molar-refractivity contribution in [2.24, 2.45) is 0 Å². The lowest BCUT2D eigenvalue weighted by Gasteiger charge is -2.34. The SMILES string of the molecule is Nc1cc(C(=O)N2CCN(CCO)CC2)ccn1. The number of hydrogen-bond acceptors (Lipinski definition) is 5. The smallest absolute Gasteiger partial charge is 0.254 e. The van der Waals surface area contributed by atoms with Gasteiger partial charge in [-0.25, -0.2) is 4.98 Å². The van der Waals surface area contributed by atoms with E-state index in [0.29, 0.717) is 31.0 Å². The van der Waals surface area contributed by atoms with Crippen LogP contribution in [-0.4, -0.2) is 65.1 Å². The number of carbonyl (C=O) groups excluding carboxylic acids is 1. The lowest BCUT2D eigenvalue weighted by atomic mass is 10.2. The van der Waals surface area contributed by atoms with E-state index < -0.39 is 0 Å². The Balaban J connectivity index is 1.95. The summed E-state index contributed by atoms with van der Waals surface area (Å²) in [5.74, 6) is 0.354. The second kappa shape index (κ2) is 5.79. The Hall–Kier alpha value is -1.66. The molecule has 1 amide bonds. The van der Waals surface area contributed by atoms with Gasteiger partial charge in [0.1, 0.15) is 5.82 Å². The molecule has 98 valence electrons. The average molecular weight is 250 g/mol. The first-order valence-electron chi connectivity index (χ1n) is 6.04. The van der Waals surface area contributed by atoms with E-state index in [4.69, 9.17) is 10.8 Å². The molecule has 2 heterocycles. The molecule has 2 rings (SSSR count). The number of nitrogens with two attached hydrogens (primary N) is 1. The highest BCUT2D eigenvalue weighted by Crippen LogP contribution is 2.10. The Morgan fingerprint density at radius 1 is 1.39 bits per heavy atom. The third kappa shape index (κ3) is 2.96. The van der Waals surface area contributed by atoms with Crippen molar-refractivity contribution >= 4 is 11.7 Å². The first-order chi connectivity index (χ1) is 8.70. The summed E-state index contributed by atoms with van der Waals surface area (Å²) in [6.07, 6.45) is 1.55. The Morgan fingerprint density at radius 3 is 2.72 bits per heavy atom. The molecule has 1 aliphatic rings. The van der Waals surface area contributed by atoms with Gasteiger partial charge in [0.25, 0.3) is 5.91 Å². The lowest BCUT2D eigenvalue weighted by molar-refractivity contribution is 0.0615. The number of rotatable bonds is 3. The summed E-state index contributed by atoms with van der Waals surface area (Å²) in [5, 5.41) is 8.86. The van der Waals surface area contributed by atoms with E-state index in [2.05, 4.69) is 9.88 Å². The van der Waals surface area contributed by atoms with Gasteiger partial charge in [-0.1, -0.05) is 0 Å². The summed E-state index contributed by atoms with van der Waals surface area (Å²) in [6.45, 7) is 3.79. The zero-order chi connectivity index (χ0) is 13.0. The number of hydrogen-bond donors (Lipinski definition) is 2. The number of aromatic nitrogens is 1. The number of β-amino-alcohol motifs (C(OH)–C–C–N with tert-alkyl or cyclic N) is 1. The molecule has 0 aromatic carbocycles. The highest BCUT2D eigenvalue weighted by molar-refractivity contribution is 5.94. The molecule has 0 radical (unpaired) electrons. The van der Waals surface area contributed by atoms with Crippen LogP contribution >= 0.6 is 0 Å². The maximum atomic E-state index is 12.2. The van der Waals surface area contributed by atoms with Crippen LogP contribution in [0.5, 0.6) is 0 Å². The van der Waals surface area contributed by atoms with Gasteiger partial charge < -0.3 is 15.7 Å². The molecular weight excluding hydrogens is 232 g/mol. The van der Waals surface area contributed by atoms with E-state index in [-0.39, 0.29) is 12.5 Å². The number of amides is 1. The highest BCUT2D eigenvalue weighted by atomic mass is 16.3. The van der Waals surface area contributed by atoms with Crippen molar-refractivity contribution in [2.75, 3.05) is 45.1 Å². The number of piperazine rings is 1. The number of anilines is 1. The normalized spacial score (nSPS) is 16.8. The van der Waals surface area contributed by atoms with Gasteiger partial charge in [0, 0.05) is 44.5 Å². The van der Waals surface area contributed by atoms with Crippen molar-refractivity contribution in [3.63, 3.8) is 0 Å². The van der Waals surface area contributed by atoms with Crippen LogP contribution in [0.25, 0.3) is 0 Å². The van der Waals surface area contributed by atoms with Crippen LogP contribution in [-0.2, 0) is 0 Å². The fourth-order valence-corrected chi connectivity index (χ4v) is 2.08. The van der Waals surface area contributed by atoms with Crippen LogP contribution in [0.4, 0.5) is 5.82 Å². The van der Waals surface area contributed by atoms with Gasteiger partial charge in [0.2, 0.25) is 0 Å². The summed E-state index contributed by atoms with van der Waals surface area (Å²) >= 11 is 0. The molecule has 0 unspecified atom stereocenters. The molecule has 0 aliphatic carbocycles. The molecule has 6 heteroatoms. The molecule has 6 nitrogen and oxygen atoms in total. The number of aliphatic hydroxyl groups excluding tert-OH is 1. The summed E-state index contributed by atoms with van der Waals surface area (Å²) < 4.78 is 0. The van der Waals surface area contributed by atoms with Crippen molar-refractivity contribution < 1.29 is 9.90 Å². The molecule has 1 aliphatic heterocycles. The summed E-state index contributed by atoms with van der Waals surface area (Å²) in [4.78, 5) is 20.0. The first-order valence-corrected chi connectivity index (χ1v) is 6.04. The highest BCUT2D eigenvalue weighted by Gasteiger charge is 2.21. The number of nitrogens with zero attached hydrogens (tertiary/aromatic N) is 3. The Bertz CT molecular complexity index is 416. The van der Waals surface area contributed by atoms with E-state index in [1.165, 1.54) is 0 Å². The fourth-order valence-electron chi connectivity index (χ4n) is 2.08. The molecule has 1 saturated heterocycles.